The number of aromatic nitrogens is 1. The lowest BCUT2D eigenvalue weighted by atomic mass is 9.73. The van der Waals surface area contributed by atoms with Crippen molar-refractivity contribution in [2.45, 2.75) is 38.7 Å². The minimum atomic E-state index is -0.555. The normalized spacial score (nSPS) is 26.2. The first-order valence-corrected chi connectivity index (χ1v) is 7.17. The van der Waals surface area contributed by atoms with Crippen LogP contribution in [0.4, 0.5) is 5.82 Å². The third kappa shape index (κ3) is 3.22. The Morgan fingerprint density at radius 2 is 2.40 bits per heavy atom. The Bertz CT molecular complexity index is 509. The molecule has 1 aromatic rings. The molecule has 20 heavy (non-hydrogen) atoms. The standard InChI is InChI=1S/C14H20ClN3O2/c1-14(5-3-2-4-11(14)19)8-18-13-10(15)6-9(7-17-13)12(16)20/h6-7,11,19H,2-5,8H2,1H3,(H2,16,20)(H,17,18). The molecule has 1 heterocycles. The van der Waals surface area contributed by atoms with Gasteiger partial charge in [-0.3, -0.25) is 4.79 Å². The van der Waals surface area contributed by atoms with E-state index in [0.29, 0.717) is 17.4 Å². The van der Waals surface area contributed by atoms with Crippen LogP contribution in [0.3, 0.4) is 0 Å². The van der Waals surface area contributed by atoms with Crippen LogP contribution in [0.5, 0.6) is 0 Å². The molecule has 2 atom stereocenters. The number of aliphatic hydroxyl groups excluding tert-OH is 1. The molecular weight excluding hydrogens is 278 g/mol. The van der Waals surface area contributed by atoms with Gasteiger partial charge in [0.05, 0.1) is 16.7 Å². The molecule has 1 fully saturated rings. The van der Waals surface area contributed by atoms with E-state index in [-0.39, 0.29) is 17.1 Å². The van der Waals surface area contributed by atoms with Gasteiger partial charge in [0.15, 0.2) is 0 Å². The number of halogens is 1. The zero-order valence-electron chi connectivity index (χ0n) is 11.5. The maximum absolute atomic E-state index is 11.0. The molecule has 0 bridgehead atoms. The van der Waals surface area contributed by atoms with Crippen molar-refractivity contribution in [2.24, 2.45) is 11.1 Å². The van der Waals surface area contributed by atoms with Crippen molar-refractivity contribution in [3.05, 3.63) is 22.8 Å². The number of amides is 1. The monoisotopic (exact) mass is 297 g/mol. The largest absolute Gasteiger partial charge is 0.392 e. The Morgan fingerprint density at radius 1 is 1.65 bits per heavy atom. The Balaban J connectivity index is 2.05. The first-order valence-electron chi connectivity index (χ1n) is 6.80. The van der Waals surface area contributed by atoms with E-state index in [9.17, 15) is 9.90 Å². The third-order valence-corrected chi connectivity index (χ3v) is 4.35. The summed E-state index contributed by atoms with van der Waals surface area (Å²) in [5.41, 5.74) is 5.28. The van der Waals surface area contributed by atoms with Crippen molar-refractivity contribution in [1.29, 1.82) is 0 Å². The number of nitrogens with two attached hydrogens (primary N) is 1. The number of rotatable bonds is 4. The van der Waals surface area contributed by atoms with E-state index in [1.165, 1.54) is 12.3 Å². The topological polar surface area (TPSA) is 88.2 Å². The summed E-state index contributed by atoms with van der Waals surface area (Å²) in [7, 11) is 0. The second-order valence-corrected chi connectivity index (χ2v) is 6.10. The molecule has 1 saturated carbocycles. The van der Waals surface area contributed by atoms with Crippen LogP contribution in [-0.2, 0) is 0 Å². The first-order chi connectivity index (χ1) is 9.42. The lowest BCUT2D eigenvalue weighted by Crippen LogP contribution is -2.41. The van der Waals surface area contributed by atoms with E-state index in [2.05, 4.69) is 17.2 Å². The van der Waals surface area contributed by atoms with Crippen LogP contribution in [0.15, 0.2) is 12.3 Å². The fourth-order valence-corrected chi connectivity index (χ4v) is 2.81. The molecule has 0 radical (unpaired) electrons. The number of hydrogen-bond donors (Lipinski definition) is 3. The molecule has 1 aromatic heterocycles. The molecule has 4 N–H and O–H groups in total. The second-order valence-electron chi connectivity index (χ2n) is 5.69. The second kappa shape index (κ2) is 5.97. The number of hydrogen-bond acceptors (Lipinski definition) is 4. The van der Waals surface area contributed by atoms with Crippen LogP contribution in [0, 0.1) is 5.41 Å². The van der Waals surface area contributed by atoms with Crippen LogP contribution in [0.1, 0.15) is 43.0 Å². The summed E-state index contributed by atoms with van der Waals surface area (Å²) in [4.78, 5) is 15.1. The van der Waals surface area contributed by atoms with Gasteiger partial charge in [-0.2, -0.15) is 0 Å². The van der Waals surface area contributed by atoms with E-state index in [4.69, 9.17) is 17.3 Å². The molecule has 6 heteroatoms. The number of pyridine rings is 1. The smallest absolute Gasteiger partial charge is 0.250 e. The van der Waals surface area contributed by atoms with Gasteiger partial charge >= 0.3 is 0 Å². The highest BCUT2D eigenvalue weighted by atomic mass is 35.5. The summed E-state index contributed by atoms with van der Waals surface area (Å²) < 4.78 is 0. The minimum Gasteiger partial charge on any atom is -0.392 e. The Kier molecular flexibility index (Phi) is 4.50. The number of aliphatic hydroxyl groups is 1. The van der Waals surface area contributed by atoms with Crippen LogP contribution in [0.25, 0.3) is 0 Å². The summed E-state index contributed by atoms with van der Waals surface area (Å²) in [5.74, 6) is -0.0451. The minimum absolute atomic E-state index is 0.175. The van der Waals surface area contributed by atoms with Gasteiger partial charge in [-0.1, -0.05) is 31.4 Å². The van der Waals surface area contributed by atoms with E-state index in [1.807, 2.05) is 0 Å². The Hall–Kier alpha value is -1.33. The van der Waals surface area contributed by atoms with E-state index >= 15 is 0 Å². The molecule has 2 unspecified atom stereocenters. The maximum Gasteiger partial charge on any atom is 0.250 e. The van der Waals surface area contributed by atoms with Crippen LogP contribution >= 0.6 is 11.6 Å². The number of primary amides is 1. The zero-order chi connectivity index (χ0) is 14.8. The predicted octanol–water partition coefficient (Wildman–Crippen LogP) is 2.19. The van der Waals surface area contributed by atoms with Crippen molar-refractivity contribution in [2.75, 3.05) is 11.9 Å². The van der Waals surface area contributed by atoms with E-state index in [1.54, 1.807) is 0 Å². The quantitative estimate of drug-likeness (QED) is 0.795. The van der Waals surface area contributed by atoms with Crippen LogP contribution in [-0.4, -0.2) is 28.6 Å². The highest BCUT2D eigenvalue weighted by molar-refractivity contribution is 6.33. The lowest BCUT2D eigenvalue weighted by molar-refractivity contribution is 0.00958. The van der Waals surface area contributed by atoms with Gasteiger partial charge in [-0.15, -0.1) is 0 Å². The molecule has 1 aliphatic rings. The zero-order valence-corrected chi connectivity index (χ0v) is 12.3. The van der Waals surface area contributed by atoms with Crippen LogP contribution in [0.2, 0.25) is 5.02 Å². The molecule has 0 aromatic carbocycles. The van der Waals surface area contributed by atoms with Gasteiger partial charge in [0, 0.05) is 18.2 Å². The summed E-state index contributed by atoms with van der Waals surface area (Å²) >= 11 is 6.08. The molecule has 1 aliphatic carbocycles. The van der Waals surface area contributed by atoms with E-state index in [0.717, 1.165) is 25.7 Å². The van der Waals surface area contributed by atoms with Crippen molar-refractivity contribution >= 4 is 23.3 Å². The summed E-state index contributed by atoms with van der Waals surface area (Å²) in [5, 5.41) is 13.7. The summed E-state index contributed by atoms with van der Waals surface area (Å²) in [6, 6.07) is 1.50. The maximum atomic E-state index is 11.0. The molecule has 1 amide bonds. The number of nitrogens with zero attached hydrogens (tertiary/aromatic N) is 1. The highest BCUT2D eigenvalue weighted by Crippen LogP contribution is 2.36. The number of nitrogens with one attached hydrogen (secondary N) is 1. The Morgan fingerprint density at radius 3 is 3.00 bits per heavy atom. The number of carbonyl (C=O) groups excluding carboxylic acids is 1. The lowest BCUT2D eigenvalue weighted by Gasteiger charge is -2.38. The fourth-order valence-electron chi connectivity index (χ4n) is 2.58. The van der Waals surface area contributed by atoms with Gasteiger partial charge in [0.25, 0.3) is 0 Å². The highest BCUT2D eigenvalue weighted by Gasteiger charge is 2.35. The van der Waals surface area contributed by atoms with E-state index < -0.39 is 5.91 Å². The molecule has 2 rings (SSSR count). The van der Waals surface area contributed by atoms with Gasteiger partial charge < -0.3 is 16.2 Å². The number of anilines is 1. The average molecular weight is 298 g/mol. The Labute approximate surface area is 123 Å². The van der Waals surface area contributed by atoms with Gasteiger partial charge in [0.2, 0.25) is 5.91 Å². The summed E-state index contributed by atoms with van der Waals surface area (Å²) in [6.07, 6.45) is 5.08. The predicted molar refractivity (Wildman–Crippen MR) is 78.8 cm³/mol. The fraction of sp³-hybridized carbons (Fsp3) is 0.571. The molecule has 110 valence electrons. The summed E-state index contributed by atoms with van der Waals surface area (Å²) in [6.45, 7) is 2.66. The van der Waals surface area contributed by atoms with Crippen molar-refractivity contribution in [3.8, 4) is 0 Å². The number of carbonyl (C=O) groups is 1. The molecular formula is C14H20ClN3O2. The SMILES string of the molecule is CC1(CNc2ncc(C(N)=O)cc2Cl)CCCCC1O. The third-order valence-electron chi connectivity index (χ3n) is 4.07. The average Bonchev–Trinajstić information content (AvgIpc) is 2.41. The van der Waals surface area contributed by atoms with Crippen molar-refractivity contribution < 1.29 is 9.90 Å². The van der Waals surface area contributed by atoms with Gasteiger partial charge in [-0.25, -0.2) is 4.98 Å². The van der Waals surface area contributed by atoms with Crippen molar-refractivity contribution in [3.63, 3.8) is 0 Å². The van der Waals surface area contributed by atoms with Crippen molar-refractivity contribution in [1.82, 2.24) is 4.98 Å². The van der Waals surface area contributed by atoms with Gasteiger partial charge in [0.1, 0.15) is 5.82 Å². The van der Waals surface area contributed by atoms with Gasteiger partial charge in [-0.05, 0) is 18.9 Å². The first kappa shape index (κ1) is 15.1. The molecule has 0 saturated heterocycles. The molecule has 0 aliphatic heterocycles. The molecule has 5 nitrogen and oxygen atoms in total. The molecule has 0 spiro atoms. The van der Waals surface area contributed by atoms with Crippen LogP contribution < -0.4 is 11.1 Å².